The molecule has 1 saturated heterocycles. The summed E-state index contributed by atoms with van der Waals surface area (Å²) in [6, 6.07) is 3.08. The SMILES string of the molecule is O=C(CCC(=O)N1CCOCC1)Nc1ccc(F)c([N+](=O)[O-])c1. The van der Waals surface area contributed by atoms with Gasteiger partial charge in [0.2, 0.25) is 17.6 Å². The number of amides is 2. The largest absolute Gasteiger partial charge is 0.378 e. The van der Waals surface area contributed by atoms with E-state index in [9.17, 15) is 24.1 Å². The smallest absolute Gasteiger partial charge is 0.306 e. The van der Waals surface area contributed by atoms with E-state index in [1.54, 1.807) is 4.90 Å². The van der Waals surface area contributed by atoms with Crippen molar-refractivity contribution in [3.63, 3.8) is 0 Å². The zero-order valence-corrected chi connectivity index (χ0v) is 12.3. The van der Waals surface area contributed by atoms with Crippen LogP contribution in [0.4, 0.5) is 15.8 Å². The van der Waals surface area contributed by atoms with Gasteiger partial charge in [0.15, 0.2) is 0 Å². The van der Waals surface area contributed by atoms with E-state index in [0.29, 0.717) is 26.3 Å². The molecule has 2 amide bonds. The molecule has 0 bridgehead atoms. The first-order valence-electron chi connectivity index (χ1n) is 7.06. The van der Waals surface area contributed by atoms with E-state index < -0.39 is 22.3 Å². The van der Waals surface area contributed by atoms with Crippen LogP contribution >= 0.6 is 0 Å². The Morgan fingerprint density at radius 3 is 2.65 bits per heavy atom. The van der Waals surface area contributed by atoms with Gasteiger partial charge in [-0.2, -0.15) is 4.39 Å². The van der Waals surface area contributed by atoms with Crippen LogP contribution in [0.25, 0.3) is 0 Å². The standard InChI is InChI=1S/C14H16FN3O5/c15-11-2-1-10(9-12(11)18(21)22)16-13(19)3-4-14(20)17-5-7-23-8-6-17/h1-2,9H,3-8H2,(H,16,19). The van der Waals surface area contributed by atoms with E-state index >= 15 is 0 Å². The maximum atomic E-state index is 13.2. The summed E-state index contributed by atoms with van der Waals surface area (Å²) in [6.07, 6.45) is -0.0174. The van der Waals surface area contributed by atoms with Crippen LogP contribution < -0.4 is 5.32 Å². The summed E-state index contributed by atoms with van der Waals surface area (Å²) in [5.41, 5.74) is -0.603. The number of rotatable bonds is 5. The minimum Gasteiger partial charge on any atom is -0.378 e. The van der Waals surface area contributed by atoms with Crippen molar-refractivity contribution in [2.75, 3.05) is 31.6 Å². The zero-order chi connectivity index (χ0) is 16.8. The summed E-state index contributed by atoms with van der Waals surface area (Å²) in [6.45, 7) is 1.98. The highest BCUT2D eigenvalue weighted by atomic mass is 19.1. The van der Waals surface area contributed by atoms with Crippen molar-refractivity contribution >= 4 is 23.2 Å². The molecule has 0 aliphatic carbocycles. The van der Waals surface area contributed by atoms with E-state index in [1.165, 1.54) is 6.07 Å². The van der Waals surface area contributed by atoms with Crippen LogP contribution in [0.3, 0.4) is 0 Å². The Bertz CT molecular complexity index is 616. The minimum atomic E-state index is -0.976. The number of benzene rings is 1. The molecule has 23 heavy (non-hydrogen) atoms. The number of hydrogen-bond donors (Lipinski definition) is 1. The van der Waals surface area contributed by atoms with Crippen LogP contribution in [0.15, 0.2) is 18.2 Å². The normalized spacial score (nSPS) is 14.4. The molecule has 0 aromatic heterocycles. The van der Waals surface area contributed by atoms with Crippen LogP contribution in [0.5, 0.6) is 0 Å². The number of nitro benzene ring substituents is 1. The molecular weight excluding hydrogens is 309 g/mol. The highest BCUT2D eigenvalue weighted by Gasteiger charge is 2.18. The van der Waals surface area contributed by atoms with Gasteiger partial charge in [0.1, 0.15) is 0 Å². The third kappa shape index (κ3) is 4.71. The van der Waals surface area contributed by atoms with Crippen molar-refractivity contribution in [1.29, 1.82) is 0 Å². The average molecular weight is 325 g/mol. The molecular formula is C14H16FN3O5. The second-order valence-electron chi connectivity index (χ2n) is 4.96. The molecule has 1 aliphatic heterocycles. The number of ether oxygens (including phenoxy) is 1. The van der Waals surface area contributed by atoms with Crippen molar-refractivity contribution in [3.8, 4) is 0 Å². The number of anilines is 1. The Morgan fingerprint density at radius 1 is 1.30 bits per heavy atom. The Balaban J connectivity index is 1.86. The van der Waals surface area contributed by atoms with Crippen LogP contribution in [-0.2, 0) is 14.3 Å². The highest BCUT2D eigenvalue weighted by Crippen LogP contribution is 2.21. The Labute approximate surface area is 131 Å². The summed E-state index contributed by atoms with van der Waals surface area (Å²) >= 11 is 0. The monoisotopic (exact) mass is 325 g/mol. The van der Waals surface area contributed by atoms with Gasteiger partial charge in [-0.3, -0.25) is 19.7 Å². The van der Waals surface area contributed by atoms with Gasteiger partial charge in [-0.1, -0.05) is 0 Å². The van der Waals surface area contributed by atoms with E-state index in [-0.39, 0.29) is 24.4 Å². The summed E-state index contributed by atoms with van der Waals surface area (Å²) in [7, 11) is 0. The van der Waals surface area contributed by atoms with Crippen molar-refractivity contribution in [3.05, 3.63) is 34.1 Å². The van der Waals surface area contributed by atoms with Gasteiger partial charge in [-0.25, -0.2) is 0 Å². The van der Waals surface area contributed by atoms with Crippen LogP contribution in [0, 0.1) is 15.9 Å². The molecule has 8 nitrogen and oxygen atoms in total. The van der Waals surface area contributed by atoms with Gasteiger partial charge in [0, 0.05) is 37.7 Å². The lowest BCUT2D eigenvalue weighted by Crippen LogP contribution is -2.40. The van der Waals surface area contributed by atoms with E-state index in [1.807, 2.05) is 0 Å². The van der Waals surface area contributed by atoms with Crippen LogP contribution in [0.2, 0.25) is 0 Å². The van der Waals surface area contributed by atoms with E-state index in [2.05, 4.69) is 5.32 Å². The van der Waals surface area contributed by atoms with Gasteiger partial charge >= 0.3 is 5.69 Å². The maximum Gasteiger partial charge on any atom is 0.306 e. The molecule has 0 saturated carbocycles. The van der Waals surface area contributed by atoms with Crippen molar-refractivity contribution in [2.24, 2.45) is 0 Å². The molecule has 1 aromatic carbocycles. The summed E-state index contributed by atoms with van der Waals surface area (Å²) in [4.78, 5) is 35.1. The molecule has 9 heteroatoms. The molecule has 1 aliphatic rings. The topological polar surface area (TPSA) is 102 Å². The summed E-state index contributed by atoms with van der Waals surface area (Å²) < 4.78 is 18.3. The molecule has 2 rings (SSSR count). The quantitative estimate of drug-likeness (QED) is 0.649. The lowest BCUT2D eigenvalue weighted by atomic mass is 10.2. The Kier molecular flexibility index (Phi) is 5.58. The number of carbonyl (C=O) groups excluding carboxylic acids is 2. The second kappa shape index (κ2) is 7.63. The van der Waals surface area contributed by atoms with Gasteiger partial charge in [0.05, 0.1) is 18.1 Å². The highest BCUT2D eigenvalue weighted by molar-refractivity contribution is 5.93. The first-order valence-corrected chi connectivity index (χ1v) is 7.06. The zero-order valence-electron chi connectivity index (χ0n) is 12.3. The molecule has 1 aromatic rings. The first-order chi connectivity index (χ1) is 11.0. The summed E-state index contributed by atoms with van der Waals surface area (Å²) in [5, 5.41) is 13.1. The average Bonchev–Trinajstić information content (AvgIpc) is 2.55. The number of nitrogens with one attached hydrogen (secondary N) is 1. The van der Waals surface area contributed by atoms with Crippen molar-refractivity contribution in [1.82, 2.24) is 4.90 Å². The van der Waals surface area contributed by atoms with Crippen LogP contribution in [0.1, 0.15) is 12.8 Å². The number of nitro groups is 1. The molecule has 0 radical (unpaired) electrons. The number of nitrogens with zero attached hydrogens (tertiary/aromatic N) is 2. The van der Waals surface area contributed by atoms with E-state index in [4.69, 9.17) is 4.74 Å². The van der Waals surface area contributed by atoms with Crippen molar-refractivity contribution < 1.29 is 23.6 Å². The fourth-order valence-corrected chi connectivity index (χ4v) is 2.15. The van der Waals surface area contributed by atoms with Gasteiger partial charge in [-0.15, -0.1) is 0 Å². The third-order valence-electron chi connectivity index (χ3n) is 3.36. The molecule has 1 N–H and O–H groups in total. The number of hydrogen-bond acceptors (Lipinski definition) is 5. The first kappa shape index (κ1) is 16.8. The molecule has 0 unspecified atom stereocenters. The second-order valence-corrected chi connectivity index (χ2v) is 4.96. The number of carbonyl (C=O) groups is 2. The fraction of sp³-hybridized carbons (Fsp3) is 0.429. The number of morpholine rings is 1. The minimum absolute atomic E-state index is 0.0368. The Morgan fingerprint density at radius 2 is 2.00 bits per heavy atom. The van der Waals surface area contributed by atoms with Crippen molar-refractivity contribution in [2.45, 2.75) is 12.8 Å². The maximum absolute atomic E-state index is 13.2. The summed E-state index contributed by atoms with van der Waals surface area (Å²) in [5.74, 6) is -1.59. The van der Waals surface area contributed by atoms with Gasteiger partial charge in [-0.05, 0) is 12.1 Å². The molecule has 0 spiro atoms. The molecule has 1 heterocycles. The predicted molar refractivity (Wildman–Crippen MR) is 78.3 cm³/mol. The van der Waals surface area contributed by atoms with E-state index in [0.717, 1.165) is 12.1 Å². The predicted octanol–water partition coefficient (Wildman–Crippen LogP) is 1.31. The molecule has 0 atom stereocenters. The van der Waals surface area contributed by atoms with Crippen LogP contribution in [-0.4, -0.2) is 47.9 Å². The third-order valence-corrected chi connectivity index (χ3v) is 3.36. The van der Waals surface area contributed by atoms with Gasteiger partial charge < -0.3 is 15.0 Å². The lowest BCUT2D eigenvalue weighted by Gasteiger charge is -2.26. The molecule has 1 fully saturated rings. The fourth-order valence-electron chi connectivity index (χ4n) is 2.15. The lowest BCUT2D eigenvalue weighted by molar-refractivity contribution is -0.387. The molecule has 124 valence electrons. The van der Waals surface area contributed by atoms with Gasteiger partial charge in [0.25, 0.3) is 0 Å². The Hall–Kier alpha value is -2.55. The number of halogens is 1.